The molecule has 0 aliphatic rings. The number of carbonyl (C=O) groups excluding carboxylic acids is 1. The van der Waals surface area contributed by atoms with Gasteiger partial charge in [-0.15, -0.1) is 10.2 Å². The average Bonchev–Trinajstić information content (AvgIpc) is 3.41. The summed E-state index contributed by atoms with van der Waals surface area (Å²) in [7, 11) is 0. The van der Waals surface area contributed by atoms with E-state index in [2.05, 4.69) is 10.2 Å². The number of nitro benzene ring substituents is 1. The molecule has 37 heavy (non-hydrogen) atoms. The molecule has 2 aromatic heterocycles. The van der Waals surface area contributed by atoms with Crippen molar-refractivity contribution in [3.63, 3.8) is 0 Å². The maximum absolute atomic E-state index is 13.1. The molecule has 1 unspecified atom stereocenters. The molecule has 0 saturated carbocycles. The lowest BCUT2D eigenvalue weighted by molar-refractivity contribution is -0.384. The van der Waals surface area contributed by atoms with Crippen molar-refractivity contribution in [1.82, 2.24) is 10.2 Å². The van der Waals surface area contributed by atoms with Gasteiger partial charge in [0, 0.05) is 28.8 Å². The molecule has 0 aliphatic carbocycles. The highest BCUT2D eigenvalue weighted by atomic mass is 16.6. The number of nitrogens with zero attached hydrogens (tertiary/aromatic N) is 3. The summed E-state index contributed by atoms with van der Waals surface area (Å²) >= 11 is 0. The van der Waals surface area contributed by atoms with Gasteiger partial charge in [-0.1, -0.05) is 36.4 Å². The number of aromatic nitrogens is 2. The van der Waals surface area contributed by atoms with E-state index in [1.807, 2.05) is 30.3 Å². The van der Waals surface area contributed by atoms with Gasteiger partial charge >= 0.3 is 5.97 Å². The molecule has 0 spiro atoms. The highest BCUT2D eigenvalue weighted by Crippen LogP contribution is 2.29. The zero-order chi connectivity index (χ0) is 26.1. The first-order chi connectivity index (χ1) is 17.8. The summed E-state index contributed by atoms with van der Waals surface area (Å²) in [6, 6.07) is 19.5. The first kappa shape index (κ1) is 23.6. The zero-order valence-electron chi connectivity index (χ0n) is 19.7. The van der Waals surface area contributed by atoms with Gasteiger partial charge in [0.1, 0.15) is 11.3 Å². The molecule has 0 aliphatic heterocycles. The van der Waals surface area contributed by atoms with Crippen LogP contribution < -0.4 is 5.43 Å². The minimum Gasteiger partial charge on any atom is -0.455 e. The molecule has 0 amide bonds. The van der Waals surface area contributed by atoms with Crippen molar-refractivity contribution in [3.8, 4) is 22.8 Å². The summed E-state index contributed by atoms with van der Waals surface area (Å²) in [6.07, 6.45) is -0.923. The Bertz CT molecular complexity index is 1690. The first-order valence-electron chi connectivity index (χ1n) is 11.2. The fraction of sp³-hybridized carbons (Fsp3) is 0.111. The molecule has 1 atom stereocenters. The van der Waals surface area contributed by atoms with Gasteiger partial charge in [-0.25, -0.2) is 4.79 Å². The summed E-state index contributed by atoms with van der Waals surface area (Å²) in [4.78, 5) is 36.5. The molecule has 0 N–H and O–H groups in total. The maximum atomic E-state index is 13.1. The van der Waals surface area contributed by atoms with Crippen molar-refractivity contribution in [3.05, 3.63) is 110 Å². The number of nitro groups is 1. The Morgan fingerprint density at radius 2 is 1.68 bits per heavy atom. The van der Waals surface area contributed by atoms with Gasteiger partial charge in [-0.05, 0) is 38.1 Å². The van der Waals surface area contributed by atoms with Crippen molar-refractivity contribution in [2.24, 2.45) is 0 Å². The smallest absolute Gasteiger partial charge is 0.342 e. The van der Waals surface area contributed by atoms with E-state index in [1.165, 1.54) is 30.3 Å². The van der Waals surface area contributed by atoms with E-state index in [0.717, 1.165) is 0 Å². The Kier molecular flexibility index (Phi) is 6.06. The molecule has 0 bridgehead atoms. The second-order valence-corrected chi connectivity index (χ2v) is 8.23. The topological polar surface area (TPSA) is 139 Å². The molecule has 0 saturated heterocycles. The minimum atomic E-state index is -0.923. The fourth-order valence-electron chi connectivity index (χ4n) is 3.85. The van der Waals surface area contributed by atoms with Crippen LogP contribution >= 0.6 is 0 Å². The van der Waals surface area contributed by atoms with Crippen LogP contribution in [0.5, 0.6) is 0 Å². The van der Waals surface area contributed by atoms with Crippen LogP contribution in [0.15, 0.2) is 86.4 Å². The largest absolute Gasteiger partial charge is 0.455 e. The summed E-state index contributed by atoms with van der Waals surface area (Å²) < 4.78 is 17.3. The van der Waals surface area contributed by atoms with Gasteiger partial charge in [-0.3, -0.25) is 14.9 Å². The number of rotatable bonds is 6. The average molecular weight is 497 g/mol. The van der Waals surface area contributed by atoms with E-state index in [0.29, 0.717) is 22.5 Å². The van der Waals surface area contributed by atoms with Gasteiger partial charge in [0.2, 0.25) is 5.89 Å². The Morgan fingerprint density at radius 1 is 0.946 bits per heavy atom. The van der Waals surface area contributed by atoms with Crippen molar-refractivity contribution >= 4 is 22.6 Å². The quantitative estimate of drug-likeness (QED) is 0.165. The Morgan fingerprint density at radius 3 is 2.38 bits per heavy atom. The normalized spacial score (nSPS) is 11.8. The van der Waals surface area contributed by atoms with Gasteiger partial charge in [0.15, 0.2) is 17.1 Å². The van der Waals surface area contributed by atoms with Gasteiger partial charge in [0.05, 0.1) is 10.3 Å². The standard InChI is InChI=1S/C27H19N3O7/c1-15-22(31)20-9-6-10-21(24(20)36-23(15)17-7-4-3-5-8-17)27(32)35-16(2)25-28-29-26(37-25)18-11-13-19(14-12-18)30(33)34/h3-14,16H,1-2H3. The van der Waals surface area contributed by atoms with E-state index in [9.17, 15) is 19.7 Å². The summed E-state index contributed by atoms with van der Waals surface area (Å²) in [5.74, 6) is -0.216. The lowest BCUT2D eigenvalue weighted by Gasteiger charge is -2.12. The molecular weight excluding hydrogens is 478 g/mol. The van der Waals surface area contributed by atoms with Crippen molar-refractivity contribution in [1.29, 1.82) is 0 Å². The fourth-order valence-corrected chi connectivity index (χ4v) is 3.85. The van der Waals surface area contributed by atoms with Crippen LogP contribution in [0.25, 0.3) is 33.7 Å². The summed E-state index contributed by atoms with van der Waals surface area (Å²) in [5.41, 5.74) is 1.50. The molecule has 184 valence electrons. The van der Waals surface area contributed by atoms with Gasteiger partial charge < -0.3 is 13.6 Å². The van der Waals surface area contributed by atoms with E-state index in [1.54, 1.807) is 26.0 Å². The molecule has 3 aromatic carbocycles. The third-order valence-corrected chi connectivity index (χ3v) is 5.80. The van der Waals surface area contributed by atoms with E-state index >= 15 is 0 Å². The van der Waals surface area contributed by atoms with Crippen molar-refractivity contribution < 1.29 is 23.3 Å². The number of ether oxygens (including phenoxy) is 1. The van der Waals surface area contributed by atoms with Crippen LogP contribution in [0.4, 0.5) is 5.69 Å². The number of carbonyl (C=O) groups is 1. The van der Waals surface area contributed by atoms with Crippen LogP contribution in [0.1, 0.15) is 34.8 Å². The van der Waals surface area contributed by atoms with Crippen LogP contribution in [-0.4, -0.2) is 21.1 Å². The molecular formula is C27H19N3O7. The molecule has 10 nitrogen and oxygen atoms in total. The molecule has 2 heterocycles. The minimum absolute atomic E-state index is 0.0317. The second-order valence-electron chi connectivity index (χ2n) is 8.23. The van der Waals surface area contributed by atoms with Crippen LogP contribution in [-0.2, 0) is 4.74 Å². The van der Waals surface area contributed by atoms with E-state index in [-0.39, 0.29) is 39.4 Å². The molecule has 5 aromatic rings. The highest BCUT2D eigenvalue weighted by molar-refractivity contribution is 6.02. The van der Waals surface area contributed by atoms with Gasteiger partial charge in [-0.2, -0.15) is 0 Å². The number of hydrogen-bond acceptors (Lipinski definition) is 9. The molecule has 0 radical (unpaired) electrons. The number of para-hydroxylation sites is 1. The monoisotopic (exact) mass is 497 g/mol. The Hall–Kier alpha value is -5.12. The van der Waals surface area contributed by atoms with E-state index in [4.69, 9.17) is 13.6 Å². The highest BCUT2D eigenvalue weighted by Gasteiger charge is 2.24. The Labute approximate surface area is 209 Å². The third kappa shape index (κ3) is 4.47. The van der Waals surface area contributed by atoms with Gasteiger partial charge in [0.25, 0.3) is 11.6 Å². The van der Waals surface area contributed by atoms with Crippen LogP contribution in [0, 0.1) is 17.0 Å². The predicted octanol–water partition coefficient (Wildman–Crippen LogP) is 5.64. The number of non-ortho nitro benzene ring substituents is 1. The second kappa shape index (κ2) is 9.50. The predicted molar refractivity (Wildman–Crippen MR) is 133 cm³/mol. The Balaban J connectivity index is 1.43. The van der Waals surface area contributed by atoms with Crippen LogP contribution in [0.2, 0.25) is 0 Å². The zero-order valence-corrected chi connectivity index (χ0v) is 19.7. The van der Waals surface area contributed by atoms with Crippen LogP contribution in [0.3, 0.4) is 0 Å². The van der Waals surface area contributed by atoms with Crippen molar-refractivity contribution in [2.75, 3.05) is 0 Å². The third-order valence-electron chi connectivity index (χ3n) is 5.80. The number of benzene rings is 3. The molecule has 10 heteroatoms. The lowest BCUT2D eigenvalue weighted by atomic mass is 10.0. The summed E-state index contributed by atoms with van der Waals surface area (Å²) in [6.45, 7) is 3.24. The summed E-state index contributed by atoms with van der Waals surface area (Å²) in [5, 5.41) is 19.0. The maximum Gasteiger partial charge on any atom is 0.342 e. The number of hydrogen-bond donors (Lipinski definition) is 0. The van der Waals surface area contributed by atoms with Crippen molar-refractivity contribution in [2.45, 2.75) is 20.0 Å². The number of esters is 1. The van der Waals surface area contributed by atoms with E-state index < -0.39 is 17.0 Å². The number of fused-ring (bicyclic) bond motifs is 1. The SMILES string of the molecule is Cc1c(-c2ccccc2)oc2c(C(=O)OC(C)c3nnc(-c4ccc([N+](=O)[O-])cc4)o3)cccc2c1=O. The first-order valence-corrected chi connectivity index (χ1v) is 11.2. The lowest BCUT2D eigenvalue weighted by Crippen LogP contribution is -2.13. The molecule has 5 rings (SSSR count). The molecule has 0 fully saturated rings.